The van der Waals surface area contributed by atoms with Crippen molar-refractivity contribution in [1.82, 2.24) is 15.2 Å². The third kappa shape index (κ3) is 28.4. The number of hydrogen-bond acceptors (Lipinski definition) is 32. The number of aliphatic hydroxyl groups excluding tert-OH is 1. The van der Waals surface area contributed by atoms with E-state index in [1.165, 1.54) is 10.8 Å². The third-order valence-electron chi connectivity index (χ3n) is 15.8. The summed E-state index contributed by atoms with van der Waals surface area (Å²) in [5, 5.41) is 12.7. The largest absolute Gasteiger partial charge is 0.508 e. The van der Waals surface area contributed by atoms with E-state index in [1.807, 2.05) is 69.3 Å². The maximum Gasteiger partial charge on any atom is 0.508 e. The van der Waals surface area contributed by atoms with Crippen LogP contribution in [-0.4, -0.2) is 211 Å². The van der Waals surface area contributed by atoms with Gasteiger partial charge in [0.2, 0.25) is 5.91 Å². The number of benzene rings is 2. The number of amides is 2. The summed E-state index contributed by atoms with van der Waals surface area (Å²) in [7, 11) is 3.08. The Kier molecular flexibility index (Phi) is 32.5. The molecule has 1 unspecified atom stereocenters. The number of carbonyl (C=O) groups is 11. The molecule has 7 aliphatic heterocycles. The highest BCUT2D eigenvalue weighted by molar-refractivity contribution is 8.76. The van der Waals surface area contributed by atoms with E-state index in [9.17, 15) is 52.7 Å². The minimum Gasteiger partial charge on any atom is -0.464 e. The van der Waals surface area contributed by atoms with E-state index < -0.39 is 87.3 Å². The number of nitrogens with zero attached hydrogens (tertiary/aromatic N) is 2. The van der Waals surface area contributed by atoms with Crippen LogP contribution in [0.2, 0.25) is 0 Å². The molecule has 3 aromatic rings. The average molecular weight is 1490 g/mol. The molecule has 2 amide bonds. The van der Waals surface area contributed by atoms with Crippen LogP contribution in [0.1, 0.15) is 104 Å². The van der Waals surface area contributed by atoms with Crippen molar-refractivity contribution in [3.8, 4) is 0 Å². The second-order valence-corrected chi connectivity index (χ2v) is 29.2. The molecule has 10 rings (SSSR count). The summed E-state index contributed by atoms with van der Waals surface area (Å²) in [6.45, 7) is 16.4. The Hall–Kier alpha value is -8.86. The number of carbonyl (C=O) groups excluding carboxylic acids is 11. The predicted molar refractivity (Wildman–Crippen MR) is 358 cm³/mol. The molecular formula is C69H91N3O29S2. The van der Waals surface area contributed by atoms with Crippen molar-refractivity contribution in [2.24, 2.45) is 27.1 Å². The van der Waals surface area contributed by atoms with Crippen molar-refractivity contribution < 1.29 is 138 Å². The minimum atomic E-state index is -0.990. The van der Waals surface area contributed by atoms with E-state index in [4.69, 9.17) is 85.6 Å². The molecule has 0 bridgehead atoms. The van der Waals surface area contributed by atoms with Gasteiger partial charge < -0.3 is 95.8 Å². The minimum absolute atomic E-state index is 0.0134. The standard InChI is InChI=1S/C16H25NO7.C14H16O6.C13H15NO5S2.C13H15NO4.C13H20O7/c1-15(2,3)24-13(19)17-7-5-11(6-8-17)23-12(18)16(4)9-21-14(20)22-10-16;1-14(8-19-13(17)20-9-14)12(16)18-7-11-4-2-10(6-15)3-5-11;1-13(8-18-12(16)19-9-13)11(15)17-6-7-20-21-10-4-2-3-5-14-10;1-13(8-17-12(16)18-9-13)11(15)14-7-10-5-3-2-4-6-10;1-13(8-19-12(15)20-9-13)11(14)18-7-6-17-10-4-2-3-5-16-10/h11H,5-10H2,1-4H3;2-5,15H,6-9H2,1H3;2-5H,6-9H2,1H3;2-6H,7-9H2,1H3,(H,14,15);10H,2-9H2,1H3. The van der Waals surface area contributed by atoms with E-state index in [1.54, 1.807) is 80.8 Å². The monoisotopic (exact) mass is 1490 g/mol. The summed E-state index contributed by atoms with van der Waals surface area (Å²) in [6.07, 6.45) is 1.25. The molecule has 0 saturated carbocycles. The normalized spacial score (nSPS) is 19.7. The van der Waals surface area contributed by atoms with Crippen molar-refractivity contribution in [2.75, 3.05) is 111 Å². The summed E-state index contributed by atoms with van der Waals surface area (Å²) in [4.78, 5) is 132. The van der Waals surface area contributed by atoms with Gasteiger partial charge in [-0.2, -0.15) is 0 Å². The molecule has 0 radical (unpaired) electrons. The Morgan fingerprint density at radius 3 is 1.46 bits per heavy atom. The van der Waals surface area contributed by atoms with E-state index in [0.717, 1.165) is 41.0 Å². The zero-order chi connectivity index (χ0) is 75.1. The van der Waals surface area contributed by atoms with E-state index in [2.05, 4.69) is 10.3 Å². The van der Waals surface area contributed by atoms with Crippen molar-refractivity contribution >= 4 is 88.2 Å². The molecule has 2 aromatic carbocycles. The number of cyclic esters (lactones) is 10. The number of likely N-dealkylation sites (tertiary alicyclic amines) is 1. The van der Waals surface area contributed by atoms with Gasteiger partial charge in [0, 0.05) is 51.0 Å². The van der Waals surface area contributed by atoms with Crippen LogP contribution >= 0.6 is 21.6 Å². The Labute approximate surface area is 603 Å². The quantitative estimate of drug-likeness (QED) is 0.0461. The van der Waals surface area contributed by atoms with Crippen LogP contribution in [0.25, 0.3) is 0 Å². The molecular weight excluding hydrogens is 1400 g/mol. The average Bonchev–Trinajstić information content (AvgIpc) is 0.860. The Balaban J connectivity index is 0.000000203. The van der Waals surface area contributed by atoms with Crippen LogP contribution in [0.3, 0.4) is 0 Å². The Morgan fingerprint density at radius 2 is 1.00 bits per heavy atom. The fourth-order valence-electron chi connectivity index (χ4n) is 9.21. The number of aromatic nitrogens is 1. The smallest absolute Gasteiger partial charge is 0.464 e. The fraction of sp³-hybridized carbons (Fsp3) is 0.594. The molecule has 8 heterocycles. The van der Waals surface area contributed by atoms with Gasteiger partial charge in [-0.15, -0.1) is 0 Å². The molecule has 0 aliphatic carbocycles. The van der Waals surface area contributed by atoms with Crippen molar-refractivity contribution in [1.29, 1.82) is 0 Å². The van der Waals surface area contributed by atoms with Gasteiger partial charge >= 0.3 is 60.7 Å². The molecule has 7 fully saturated rings. The lowest BCUT2D eigenvalue weighted by molar-refractivity contribution is -0.182. The molecule has 1 atom stereocenters. The van der Waals surface area contributed by atoms with Gasteiger partial charge in [0.25, 0.3) is 0 Å². The number of rotatable bonds is 20. The number of aliphatic hydroxyl groups is 1. The lowest BCUT2D eigenvalue weighted by Gasteiger charge is -2.35. The van der Waals surface area contributed by atoms with E-state index in [0.29, 0.717) is 44.8 Å². The van der Waals surface area contributed by atoms with Crippen molar-refractivity contribution in [2.45, 2.75) is 130 Å². The number of nitrogens with one attached hydrogen (secondary N) is 1. The SMILES string of the molecule is CC(C)(C)OC(=O)N1CCC(OC(=O)C2(C)COC(=O)OC2)CC1.CC1(C(=O)NCc2ccccc2)COC(=O)OC1.CC1(C(=O)OCCOC2CCCCO2)COC(=O)OC1.CC1(C(=O)OCCSSc2ccccn2)COC(=O)OC1.CC1(C(=O)OCc2ccc(CO)cc2)COC(=O)OC1. The second kappa shape index (κ2) is 40.3. The number of piperidine rings is 1. The zero-order valence-electron chi connectivity index (χ0n) is 58.9. The molecule has 1 aromatic heterocycles. The summed E-state index contributed by atoms with van der Waals surface area (Å²) >= 11 is 0. The highest BCUT2D eigenvalue weighted by Crippen LogP contribution is 2.32. The van der Waals surface area contributed by atoms with Crippen LogP contribution in [0.5, 0.6) is 0 Å². The third-order valence-corrected chi connectivity index (χ3v) is 18.0. The van der Waals surface area contributed by atoms with Crippen molar-refractivity contribution in [3.05, 3.63) is 95.7 Å². The maximum absolute atomic E-state index is 12.3. The topological polar surface area (TPSA) is 393 Å². The molecule has 2 N–H and O–H groups in total. The summed E-state index contributed by atoms with van der Waals surface area (Å²) in [5.74, 6) is -1.35. The van der Waals surface area contributed by atoms with Gasteiger partial charge in [-0.1, -0.05) is 71.5 Å². The number of ether oxygens (including phenoxy) is 17. The summed E-state index contributed by atoms with van der Waals surface area (Å²) in [6, 6.07) is 22.4. The molecule has 103 heavy (non-hydrogen) atoms. The van der Waals surface area contributed by atoms with Crippen molar-refractivity contribution in [3.63, 3.8) is 0 Å². The van der Waals surface area contributed by atoms with Crippen LogP contribution in [0.4, 0.5) is 28.8 Å². The molecule has 34 heteroatoms. The van der Waals surface area contributed by atoms with E-state index >= 15 is 0 Å². The second-order valence-electron chi connectivity index (χ2n) is 26.7. The van der Waals surface area contributed by atoms with Gasteiger partial charge in [0.1, 0.15) is 130 Å². The number of pyridine rings is 1. The highest BCUT2D eigenvalue weighted by Gasteiger charge is 2.46. The maximum atomic E-state index is 12.3. The van der Waals surface area contributed by atoms with Crippen LogP contribution in [-0.2, 0) is 124 Å². The zero-order valence-corrected chi connectivity index (χ0v) is 60.6. The first-order chi connectivity index (χ1) is 48.9. The highest BCUT2D eigenvalue weighted by atomic mass is 33.1. The molecule has 7 aliphatic rings. The lowest BCUT2D eigenvalue weighted by Crippen LogP contribution is -2.48. The van der Waals surface area contributed by atoms with E-state index in [-0.39, 0.29) is 123 Å². The molecule has 7 saturated heterocycles. The first kappa shape index (κ1) is 83.1. The Morgan fingerprint density at radius 1 is 0.544 bits per heavy atom. The molecule has 32 nitrogen and oxygen atoms in total. The molecule has 0 spiro atoms. The van der Waals surface area contributed by atoms with Gasteiger partial charge in [0.05, 0.1) is 13.2 Å². The first-order valence-electron chi connectivity index (χ1n) is 33.1. The fourth-order valence-corrected chi connectivity index (χ4v) is 10.9. The van der Waals surface area contributed by atoms with Crippen LogP contribution in [0.15, 0.2) is 84.0 Å². The lowest BCUT2D eigenvalue weighted by atomic mass is 9.91. The van der Waals surface area contributed by atoms with Gasteiger partial charge in [0.15, 0.2) is 6.29 Å². The number of hydrogen-bond donors (Lipinski definition) is 2. The Bertz CT molecular complexity index is 3240. The first-order valence-corrected chi connectivity index (χ1v) is 35.4. The predicted octanol–water partition coefficient (Wildman–Crippen LogP) is 8.76. The van der Waals surface area contributed by atoms with Gasteiger partial charge in [-0.05, 0) is 114 Å². The molecule has 568 valence electrons. The van der Waals surface area contributed by atoms with Gasteiger partial charge in [-0.25, -0.2) is 33.8 Å². The number of esters is 4. The van der Waals surface area contributed by atoms with Crippen LogP contribution in [0, 0.1) is 27.1 Å². The van der Waals surface area contributed by atoms with Crippen LogP contribution < -0.4 is 5.32 Å². The summed E-state index contributed by atoms with van der Waals surface area (Å²) < 4.78 is 84.5. The summed E-state index contributed by atoms with van der Waals surface area (Å²) in [5.41, 5.74) is -2.57. The van der Waals surface area contributed by atoms with Gasteiger partial charge in [-0.3, -0.25) is 24.0 Å².